The number of rotatable bonds is 6. The van der Waals surface area contributed by atoms with Crippen molar-refractivity contribution in [2.75, 3.05) is 18.4 Å². The minimum atomic E-state index is -4.53. The van der Waals surface area contributed by atoms with Crippen LogP contribution in [0.4, 0.5) is 18.9 Å². The molecule has 2 aliphatic heterocycles. The van der Waals surface area contributed by atoms with E-state index in [1.54, 1.807) is 15.6 Å². The molecule has 10 nitrogen and oxygen atoms in total. The van der Waals surface area contributed by atoms with Crippen LogP contribution in [0.15, 0.2) is 48.8 Å². The summed E-state index contributed by atoms with van der Waals surface area (Å²) in [7, 11) is 1.83. The Balaban J connectivity index is 0.983. The third kappa shape index (κ3) is 5.84. The van der Waals surface area contributed by atoms with E-state index >= 15 is 0 Å². The van der Waals surface area contributed by atoms with Crippen molar-refractivity contribution in [2.24, 2.45) is 13.0 Å². The lowest BCUT2D eigenvalue weighted by Gasteiger charge is -2.40. The number of nitrogens with zero attached hydrogens (tertiary/aromatic N) is 5. The van der Waals surface area contributed by atoms with Gasteiger partial charge in [-0.25, -0.2) is 0 Å². The second-order valence-corrected chi connectivity index (χ2v) is 13.1. The summed E-state index contributed by atoms with van der Waals surface area (Å²) in [5.74, 6) is 5.42. The van der Waals surface area contributed by atoms with E-state index in [9.17, 15) is 27.6 Å². The van der Waals surface area contributed by atoms with Gasteiger partial charge in [0.2, 0.25) is 11.8 Å². The zero-order valence-corrected chi connectivity index (χ0v) is 26.7. The Morgan fingerprint density at radius 2 is 1.98 bits per heavy atom. The number of alkyl halides is 3. The van der Waals surface area contributed by atoms with E-state index in [-0.39, 0.29) is 40.8 Å². The van der Waals surface area contributed by atoms with Crippen molar-refractivity contribution in [2.45, 2.75) is 56.3 Å². The number of piperidine rings is 1. The molecule has 14 heteroatoms. The topological polar surface area (TPSA) is 114 Å². The first-order chi connectivity index (χ1) is 22.9. The van der Waals surface area contributed by atoms with Crippen LogP contribution in [0.1, 0.15) is 60.4 Å². The van der Waals surface area contributed by atoms with Crippen molar-refractivity contribution in [1.29, 1.82) is 0 Å². The fraction of sp³-hybridized carbons (Fsp3) is 0.382. The van der Waals surface area contributed by atoms with Crippen LogP contribution in [0.3, 0.4) is 0 Å². The van der Waals surface area contributed by atoms with Crippen LogP contribution >= 0.6 is 11.6 Å². The fourth-order valence-corrected chi connectivity index (χ4v) is 6.91. The average Bonchev–Trinajstić information content (AvgIpc) is 3.59. The molecule has 4 aromatic rings. The number of aryl methyl sites for hydroxylation is 1. The van der Waals surface area contributed by atoms with E-state index in [4.69, 9.17) is 11.6 Å². The average molecular weight is 678 g/mol. The van der Waals surface area contributed by atoms with Crippen molar-refractivity contribution in [3.05, 3.63) is 76.2 Å². The van der Waals surface area contributed by atoms with Crippen molar-refractivity contribution >= 4 is 45.9 Å². The highest BCUT2D eigenvalue weighted by Crippen LogP contribution is 2.41. The summed E-state index contributed by atoms with van der Waals surface area (Å²) in [6, 6.07) is 8.64. The van der Waals surface area contributed by atoms with Gasteiger partial charge in [0.15, 0.2) is 0 Å². The normalized spacial score (nSPS) is 19.6. The molecule has 3 aliphatic rings. The number of anilines is 1. The number of carbonyl (C=O) groups excluding carboxylic acids is 3. The second-order valence-electron chi connectivity index (χ2n) is 12.7. The Bertz CT molecular complexity index is 2010. The summed E-state index contributed by atoms with van der Waals surface area (Å²) < 4.78 is 42.5. The molecule has 2 N–H and O–H groups in total. The smallest absolute Gasteiger partial charge is 0.323 e. The van der Waals surface area contributed by atoms with Crippen LogP contribution < -0.4 is 10.6 Å². The first kappa shape index (κ1) is 31.9. The lowest BCUT2D eigenvalue weighted by molar-refractivity contribution is -0.137. The molecule has 2 aromatic carbocycles. The van der Waals surface area contributed by atoms with Crippen LogP contribution in [-0.2, 0) is 39.7 Å². The van der Waals surface area contributed by atoms with E-state index < -0.39 is 23.2 Å². The summed E-state index contributed by atoms with van der Waals surface area (Å²) in [5.41, 5.74) is 1.57. The van der Waals surface area contributed by atoms with Crippen molar-refractivity contribution in [3.63, 3.8) is 0 Å². The van der Waals surface area contributed by atoms with Crippen molar-refractivity contribution in [3.8, 4) is 11.8 Å². The molecule has 1 unspecified atom stereocenters. The van der Waals surface area contributed by atoms with Crippen LogP contribution in [0.25, 0.3) is 10.9 Å². The summed E-state index contributed by atoms with van der Waals surface area (Å²) in [6.07, 6.45) is 1.70. The number of hydrogen-bond acceptors (Lipinski definition) is 6. The summed E-state index contributed by atoms with van der Waals surface area (Å²) in [4.78, 5) is 39.8. The minimum Gasteiger partial charge on any atom is -0.323 e. The molecule has 2 saturated heterocycles. The van der Waals surface area contributed by atoms with Gasteiger partial charge < -0.3 is 5.32 Å². The van der Waals surface area contributed by atoms with Crippen LogP contribution in [0.5, 0.6) is 0 Å². The molecule has 3 fully saturated rings. The Kier molecular flexibility index (Phi) is 8.04. The van der Waals surface area contributed by atoms with Gasteiger partial charge in [0.05, 0.1) is 45.2 Å². The van der Waals surface area contributed by atoms with E-state index in [2.05, 4.69) is 37.6 Å². The number of carbonyl (C=O) groups is 3. The lowest BCUT2D eigenvalue weighted by Crippen LogP contribution is -2.51. The van der Waals surface area contributed by atoms with Gasteiger partial charge in [0.25, 0.3) is 5.91 Å². The van der Waals surface area contributed by atoms with E-state index in [1.807, 2.05) is 31.4 Å². The zero-order valence-electron chi connectivity index (χ0n) is 25.9. The number of likely N-dealkylation sites (tertiary alicyclic amines) is 1. The van der Waals surface area contributed by atoms with Gasteiger partial charge >= 0.3 is 6.18 Å². The lowest BCUT2D eigenvalue weighted by atomic mass is 9.76. The number of hydrogen-bond donors (Lipinski definition) is 2. The molecule has 48 heavy (non-hydrogen) atoms. The van der Waals surface area contributed by atoms with Gasteiger partial charge in [-0.2, -0.15) is 23.4 Å². The highest BCUT2D eigenvalue weighted by atomic mass is 35.5. The van der Waals surface area contributed by atoms with Gasteiger partial charge in [0.1, 0.15) is 5.54 Å². The van der Waals surface area contributed by atoms with Gasteiger partial charge in [-0.1, -0.05) is 35.6 Å². The first-order valence-corrected chi connectivity index (χ1v) is 16.0. The molecule has 3 amide bonds. The largest absolute Gasteiger partial charge is 0.416 e. The molecule has 248 valence electrons. The van der Waals surface area contributed by atoms with E-state index in [0.29, 0.717) is 31.5 Å². The SMILES string of the molecule is Cn1nc(C2CCC(=O)NC2=O)c2cccc(C#CC3CN(Cc4cnn(C5(C(=O)Nc6ccc(C(F)(F)F)cc6Cl)CCC5)c4)C3)c21. The molecule has 1 saturated carbocycles. The Morgan fingerprint density at radius 1 is 1.19 bits per heavy atom. The predicted octanol–water partition coefficient (Wildman–Crippen LogP) is 4.96. The maximum absolute atomic E-state index is 13.4. The molecular weight excluding hydrogens is 647 g/mol. The molecule has 1 aliphatic carbocycles. The zero-order chi connectivity index (χ0) is 33.8. The maximum Gasteiger partial charge on any atom is 0.416 e. The number of aromatic nitrogens is 4. The van der Waals surface area contributed by atoms with Gasteiger partial charge in [-0.05, 0) is 49.9 Å². The van der Waals surface area contributed by atoms with E-state index in [1.165, 1.54) is 6.07 Å². The Morgan fingerprint density at radius 3 is 2.67 bits per heavy atom. The van der Waals surface area contributed by atoms with Crippen molar-refractivity contribution < 1.29 is 27.6 Å². The third-order valence-electron chi connectivity index (χ3n) is 9.46. The van der Waals surface area contributed by atoms with Crippen LogP contribution in [-0.4, -0.2) is 55.3 Å². The quantitative estimate of drug-likeness (QED) is 0.220. The number of imide groups is 1. The van der Waals surface area contributed by atoms with Crippen LogP contribution in [0.2, 0.25) is 5.02 Å². The second kappa shape index (κ2) is 12.1. The maximum atomic E-state index is 13.4. The fourth-order valence-electron chi connectivity index (χ4n) is 6.68. The summed E-state index contributed by atoms with van der Waals surface area (Å²) in [6.45, 7) is 2.16. The van der Waals surface area contributed by atoms with E-state index in [0.717, 1.165) is 53.7 Å². The molecular formula is C34H31ClF3N7O3. The summed E-state index contributed by atoms with van der Waals surface area (Å²) in [5, 5.41) is 14.9. The molecule has 0 spiro atoms. The number of amides is 3. The Labute approximate surface area is 278 Å². The molecule has 1 atom stereocenters. The van der Waals surface area contributed by atoms with Crippen molar-refractivity contribution in [1.82, 2.24) is 29.8 Å². The van der Waals surface area contributed by atoms with Gasteiger partial charge in [-0.15, -0.1) is 0 Å². The monoisotopic (exact) mass is 677 g/mol. The summed E-state index contributed by atoms with van der Waals surface area (Å²) >= 11 is 6.08. The van der Waals surface area contributed by atoms with Gasteiger partial charge in [-0.3, -0.25) is 34.0 Å². The molecule has 0 radical (unpaired) electrons. The molecule has 0 bridgehead atoms. The number of halogens is 4. The molecule has 4 heterocycles. The minimum absolute atomic E-state index is 0.121. The third-order valence-corrected chi connectivity index (χ3v) is 9.77. The van der Waals surface area contributed by atoms with Gasteiger partial charge in [0, 0.05) is 56.2 Å². The Hall–Kier alpha value is -4.67. The highest BCUT2D eigenvalue weighted by Gasteiger charge is 2.47. The molecule has 7 rings (SSSR count). The first-order valence-electron chi connectivity index (χ1n) is 15.7. The molecule has 2 aromatic heterocycles. The van der Waals surface area contributed by atoms with Crippen LogP contribution in [0, 0.1) is 17.8 Å². The number of fused-ring (bicyclic) bond motifs is 1. The highest BCUT2D eigenvalue weighted by molar-refractivity contribution is 6.33. The predicted molar refractivity (Wildman–Crippen MR) is 171 cm³/mol. The number of nitrogens with one attached hydrogen (secondary N) is 2. The number of para-hydroxylation sites is 1. The number of benzene rings is 2. The standard InChI is InChI=1S/C34H31ClF3N7O3/c1-43-30-22(4-2-5-24(30)29(42-43)25-9-11-28(46)41-31(25)47)7-6-20-16-44(17-20)18-21-15-39-45(19-21)33(12-3-13-33)32(48)40-27-10-8-23(14-26(27)35)34(36,37)38/h2,4-5,8,10,14-15,19-20,25H,3,9,11-13,16-18H2,1H3,(H,40,48)(H,41,46,47).